The highest BCUT2D eigenvalue weighted by molar-refractivity contribution is 7.46. The highest BCUT2D eigenvalue weighted by atomic mass is 31.2. The van der Waals surface area contributed by atoms with E-state index in [9.17, 15) is 18.9 Å². The second kappa shape index (κ2) is 31.5. The van der Waals surface area contributed by atoms with E-state index >= 15 is 0 Å². The van der Waals surface area contributed by atoms with Gasteiger partial charge in [-0.25, -0.2) is 4.57 Å². The minimum Gasteiger partial charge on any atom is -0.462 e. The van der Waals surface area contributed by atoms with Crippen molar-refractivity contribution in [3.63, 3.8) is 0 Å². The van der Waals surface area contributed by atoms with E-state index in [1.807, 2.05) is 12.2 Å². The summed E-state index contributed by atoms with van der Waals surface area (Å²) in [5.74, 6) is 0.0195. The van der Waals surface area contributed by atoms with Crippen LogP contribution in [0.15, 0.2) is 24.3 Å². The molecule has 2 N–H and O–H groups in total. The van der Waals surface area contributed by atoms with Crippen LogP contribution in [-0.2, 0) is 32.9 Å². The third-order valence-electron chi connectivity index (χ3n) is 7.88. The van der Waals surface area contributed by atoms with Crippen LogP contribution in [0.2, 0.25) is 0 Å². The van der Waals surface area contributed by atoms with Gasteiger partial charge in [-0.1, -0.05) is 135 Å². The Hall–Kier alpha value is -1.80. The van der Waals surface area contributed by atoms with E-state index in [1.165, 1.54) is 44.9 Å². The Morgan fingerprint density at radius 3 is 1.77 bits per heavy atom. The van der Waals surface area contributed by atoms with E-state index in [1.54, 1.807) is 6.08 Å². The largest absolute Gasteiger partial charge is 0.469 e. The molecule has 0 aromatic heterocycles. The van der Waals surface area contributed by atoms with Crippen molar-refractivity contribution in [2.24, 2.45) is 5.92 Å². The summed E-state index contributed by atoms with van der Waals surface area (Å²) in [6.07, 6.45) is 28.9. The van der Waals surface area contributed by atoms with Crippen molar-refractivity contribution in [2.75, 3.05) is 13.2 Å². The summed E-state index contributed by atoms with van der Waals surface area (Å²) in [7, 11) is -4.76. The molecule has 0 spiro atoms. The quantitative estimate of drug-likeness (QED) is 0.0227. The first kappa shape index (κ1) is 45.2. The van der Waals surface area contributed by atoms with E-state index in [-0.39, 0.29) is 25.2 Å². The minimum atomic E-state index is -4.76. The molecule has 10 heteroatoms. The number of phosphoric acid groups is 1. The zero-order valence-corrected chi connectivity index (χ0v) is 30.7. The van der Waals surface area contributed by atoms with E-state index in [2.05, 4.69) is 31.4 Å². The molecule has 0 bridgehead atoms. The lowest BCUT2D eigenvalue weighted by Crippen LogP contribution is -2.29. The molecule has 0 heterocycles. The Labute approximate surface area is 285 Å². The van der Waals surface area contributed by atoms with E-state index in [0.29, 0.717) is 19.3 Å². The summed E-state index contributed by atoms with van der Waals surface area (Å²) in [5, 5.41) is 0. The van der Waals surface area contributed by atoms with Crippen LogP contribution in [0.5, 0.6) is 0 Å². The van der Waals surface area contributed by atoms with Gasteiger partial charge in [0.15, 0.2) is 11.9 Å². The van der Waals surface area contributed by atoms with Gasteiger partial charge in [-0.3, -0.25) is 18.9 Å². The van der Waals surface area contributed by atoms with Crippen LogP contribution >= 0.6 is 7.82 Å². The number of phosphoric ester groups is 1. The molecule has 0 saturated heterocycles. The lowest BCUT2D eigenvalue weighted by atomic mass is 10.0. The molecule has 0 aliphatic rings. The molecule has 0 aromatic carbocycles. The number of allylic oxidation sites excluding steroid dienone is 4. The first-order valence-electron chi connectivity index (χ1n) is 18.4. The van der Waals surface area contributed by atoms with Gasteiger partial charge in [0.2, 0.25) is 0 Å². The van der Waals surface area contributed by atoms with E-state index in [4.69, 9.17) is 19.3 Å². The van der Waals surface area contributed by atoms with Crippen molar-refractivity contribution in [2.45, 2.75) is 175 Å². The molecule has 0 rings (SSSR count). The summed E-state index contributed by atoms with van der Waals surface area (Å²) < 4.78 is 26.2. The number of carbonyl (C=O) groups excluding carboxylic acids is 3. The number of carbonyl (C=O) groups is 3. The Balaban J connectivity index is 4.04. The number of hydrogen-bond donors (Lipinski definition) is 2. The summed E-state index contributed by atoms with van der Waals surface area (Å²) in [4.78, 5) is 54.3. The third kappa shape index (κ3) is 35.3. The number of esters is 2. The molecule has 0 amide bonds. The molecule has 0 radical (unpaired) electrons. The molecule has 0 fully saturated rings. The van der Waals surface area contributed by atoms with Crippen LogP contribution in [0.25, 0.3) is 0 Å². The fraction of sp³-hybridized carbons (Fsp3) is 0.811. The first-order chi connectivity index (χ1) is 22.5. The smallest absolute Gasteiger partial charge is 0.462 e. The van der Waals surface area contributed by atoms with Gasteiger partial charge in [-0.2, -0.15) is 0 Å². The van der Waals surface area contributed by atoms with Crippen molar-refractivity contribution < 1.29 is 42.7 Å². The Morgan fingerprint density at radius 1 is 0.660 bits per heavy atom. The monoisotopic (exact) mass is 686 g/mol. The second-order valence-electron chi connectivity index (χ2n) is 13.1. The Kier molecular flexibility index (Phi) is 30.3. The molecule has 0 saturated carbocycles. The van der Waals surface area contributed by atoms with Crippen LogP contribution in [-0.4, -0.2) is 46.8 Å². The third-order valence-corrected chi connectivity index (χ3v) is 8.36. The molecule has 9 nitrogen and oxygen atoms in total. The molecule has 0 aliphatic heterocycles. The highest BCUT2D eigenvalue weighted by Crippen LogP contribution is 2.36. The fourth-order valence-corrected chi connectivity index (χ4v) is 5.43. The van der Waals surface area contributed by atoms with Gasteiger partial charge in [0.25, 0.3) is 0 Å². The van der Waals surface area contributed by atoms with Crippen LogP contribution in [0.4, 0.5) is 0 Å². The summed E-state index contributed by atoms with van der Waals surface area (Å²) in [6.45, 7) is 5.79. The predicted molar refractivity (Wildman–Crippen MR) is 189 cm³/mol. The van der Waals surface area contributed by atoms with Gasteiger partial charge in [0.05, 0.1) is 6.61 Å². The standard InChI is InChI=1S/C37H67O9P/c1-4-5-21-27-34(38)28-23-18-14-10-8-12-15-19-24-29-36(39)44-31-35(32-45-47(41,42)43)46-37(40)30-25-20-16-11-7-6-9-13-17-22-26-33(2)3/h14,18,23,28,33,35H,4-13,15-17,19-22,24-27,29-32H2,1-3H3,(H2,41,42,43)/b18-14-,28-23+/t35-/m1/s1. The van der Waals surface area contributed by atoms with Crippen molar-refractivity contribution in [1.29, 1.82) is 0 Å². The number of unbranched alkanes of at least 4 members (excludes halogenated alkanes) is 16. The molecule has 0 aromatic rings. The Bertz CT molecular complexity index is 894. The first-order valence-corrected chi connectivity index (χ1v) is 20.0. The van der Waals surface area contributed by atoms with Gasteiger partial charge in [0.1, 0.15) is 6.61 Å². The lowest BCUT2D eigenvalue weighted by Gasteiger charge is -2.18. The topological polar surface area (TPSA) is 136 Å². The zero-order valence-electron chi connectivity index (χ0n) is 29.8. The molecular formula is C37H67O9P. The molecule has 47 heavy (non-hydrogen) atoms. The Morgan fingerprint density at radius 2 is 1.19 bits per heavy atom. The lowest BCUT2D eigenvalue weighted by molar-refractivity contribution is -0.161. The van der Waals surface area contributed by atoms with Crippen molar-refractivity contribution in [1.82, 2.24) is 0 Å². The van der Waals surface area contributed by atoms with Crippen LogP contribution < -0.4 is 0 Å². The minimum absolute atomic E-state index is 0.174. The molecule has 0 unspecified atom stereocenters. The zero-order chi connectivity index (χ0) is 35.0. The maximum Gasteiger partial charge on any atom is 0.469 e. The highest BCUT2D eigenvalue weighted by Gasteiger charge is 2.22. The van der Waals surface area contributed by atoms with E-state index in [0.717, 1.165) is 76.5 Å². The predicted octanol–water partition coefficient (Wildman–Crippen LogP) is 9.88. The van der Waals surface area contributed by atoms with E-state index < -0.39 is 32.5 Å². The fourth-order valence-electron chi connectivity index (χ4n) is 5.07. The summed E-state index contributed by atoms with van der Waals surface area (Å²) >= 11 is 0. The summed E-state index contributed by atoms with van der Waals surface area (Å²) in [6, 6.07) is 0. The molecule has 0 aliphatic carbocycles. The number of ether oxygens (including phenoxy) is 2. The average molecular weight is 687 g/mol. The molecule has 274 valence electrons. The number of ketones is 1. The van der Waals surface area contributed by atoms with Crippen LogP contribution in [0.3, 0.4) is 0 Å². The molecular weight excluding hydrogens is 619 g/mol. The van der Waals surface area contributed by atoms with Gasteiger partial charge >= 0.3 is 19.8 Å². The van der Waals surface area contributed by atoms with Gasteiger partial charge in [-0.05, 0) is 44.1 Å². The maximum atomic E-state index is 12.3. The maximum absolute atomic E-state index is 12.3. The second-order valence-corrected chi connectivity index (χ2v) is 14.3. The SMILES string of the molecule is CCCCCC(=O)/C=C/C=C\CCCCCCCC(=O)OC[C@H](COP(=O)(O)O)OC(=O)CCCCCCCCCCCCC(C)C. The van der Waals surface area contributed by atoms with Gasteiger partial charge in [0, 0.05) is 19.3 Å². The normalized spacial score (nSPS) is 12.7. The number of rotatable bonds is 33. The van der Waals surface area contributed by atoms with Crippen molar-refractivity contribution in [3.05, 3.63) is 24.3 Å². The number of hydrogen-bond acceptors (Lipinski definition) is 7. The average Bonchev–Trinajstić information content (AvgIpc) is 3.01. The summed E-state index contributed by atoms with van der Waals surface area (Å²) in [5.41, 5.74) is 0. The molecule has 1 atom stereocenters. The van der Waals surface area contributed by atoms with Gasteiger partial charge in [-0.15, -0.1) is 0 Å². The van der Waals surface area contributed by atoms with Crippen molar-refractivity contribution >= 4 is 25.5 Å². The van der Waals surface area contributed by atoms with Crippen molar-refractivity contribution in [3.8, 4) is 0 Å². The van der Waals surface area contributed by atoms with Crippen LogP contribution in [0.1, 0.15) is 168 Å². The van der Waals surface area contributed by atoms with Crippen LogP contribution in [0, 0.1) is 5.92 Å². The van der Waals surface area contributed by atoms with Gasteiger partial charge < -0.3 is 19.3 Å².